The fourth-order valence-corrected chi connectivity index (χ4v) is 2.60. The standard InChI is InChI=1S/C7H12N4O2S2/c1-10(5-6(8)14)15(12,13)7-3-4-9-11(7)2/h3-4H,5H2,1-2H3,(H2,8,14). The summed E-state index contributed by atoms with van der Waals surface area (Å²) in [6.45, 7) is 0.0167. The molecule has 0 aliphatic rings. The number of aromatic nitrogens is 2. The monoisotopic (exact) mass is 248 g/mol. The summed E-state index contributed by atoms with van der Waals surface area (Å²) in [6.07, 6.45) is 1.42. The van der Waals surface area contributed by atoms with Gasteiger partial charge in [0.2, 0.25) is 0 Å². The number of nitrogens with zero attached hydrogens (tertiary/aromatic N) is 3. The molecule has 2 N–H and O–H groups in total. The third kappa shape index (κ3) is 2.52. The molecule has 0 spiro atoms. The summed E-state index contributed by atoms with van der Waals surface area (Å²) in [5.41, 5.74) is 5.28. The second-order valence-electron chi connectivity index (χ2n) is 3.02. The molecule has 15 heavy (non-hydrogen) atoms. The fourth-order valence-electron chi connectivity index (χ4n) is 1.08. The molecule has 1 aromatic heterocycles. The maximum atomic E-state index is 11.9. The lowest BCUT2D eigenvalue weighted by molar-refractivity contribution is 0.493. The van der Waals surface area contributed by atoms with Crippen LogP contribution in [0.25, 0.3) is 0 Å². The molecular weight excluding hydrogens is 236 g/mol. The molecule has 0 fully saturated rings. The fraction of sp³-hybridized carbons (Fsp3) is 0.429. The van der Waals surface area contributed by atoms with Gasteiger partial charge < -0.3 is 5.73 Å². The quantitative estimate of drug-likeness (QED) is 0.714. The molecule has 0 saturated carbocycles. The number of sulfonamides is 1. The topological polar surface area (TPSA) is 81.2 Å². The van der Waals surface area contributed by atoms with Crippen LogP contribution >= 0.6 is 12.2 Å². The molecule has 8 heteroatoms. The van der Waals surface area contributed by atoms with E-state index in [0.29, 0.717) is 0 Å². The molecule has 0 radical (unpaired) electrons. The SMILES string of the molecule is CN(CC(N)=S)S(=O)(=O)c1ccnn1C. The second-order valence-corrected chi connectivity index (χ2v) is 5.54. The smallest absolute Gasteiger partial charge is 0.260 e. The maximum absolute atomic E-state index is 11.9. The van der Waals surface area contributed by atoms with Crippen LogP contribution < -0.4 is 5.73 Å². The summed E-state index contributed by atoms with van der Waals surface area (Å²) < 4.78 is 26.2. The highest BCUT2D eigenvalue weighted by atomic mass is 32.2. The van der Waals surface area contributed by atoms with Crippen LogP contribution in [0.3, 0.4) is 0 Å². The first kappa shape index (κ1) is 12.1. The van der Waals surface area contributed by atoms with Crippen LogP contribution in [0.1, 0.15) is 0 Å². The Morgan fingerprint density at radius 1 is 1.73 bits per heavy atom. The zero-order valence-electron chi connectivity index (χ0n) is 8.41. The Kier molecular flexibility index (Phi) is 3.42. The number of likely N-dealkylation sites (N-methyl/N-ethyl adjacent to an activating group) is 1. The van der Waals surface area contributed by atoms with E-state index in [1.165, 1.54) is 24.0 Å². The molecule has 0 bridgehead atoms. The van der Waals surface area contributed by atoms with Gasteiger partial charge >= 0.3 is 0 Å². The van der Waals surface area contributed by atoms with E-state index in [2.05, 4.69) is 17.3 Å². The second kappa shape index (κ2) is 4.25. The van der Waals surface area contributed by atoms with Crippen molar-refractivity contribution in [1.29, 1.82) is 0 Å². The molecule has 0 amide bonds. The van der Waals surface area contributed by atoms with Gasteiger partial charge in [-0.15, -0.1) is 0 Å². The molecule has 0 atom stereocenters. The molecule has 0 aromatic carbocycles. The summed E-state index contributed by atoms with van der Waals surface area (Å²) in [4.78, 5) is 0.128. The highest BCUT2D eigenvalue weighted by molar-refractivity contribution is 7.89. The third-order valence-electron chi connectivity index (χ3n) is 1.83. The van der Waals surface area contributed by atoms with Gasteiger partial charge in [0.05, 0.1) is 17.7 Å². The third-order valence-corrected chi connectivity index (χ3v) is 3.84. The van der Waals surface area contributed by atoms with Crippen molar-refractivity contribution in [3.63, 3.8) is 0 Å². The molecule has 0 aliphatic heterocycles. The van der Waals surface area contributed by atoms with Crippen molar-refractivity contribution in [2.45, 2.75) is 5.03 Å². The summed E-state index contributed by atoms with van der Waals surface area (Å²) in [5, 5.41) is 3.90. The van der Waals surface area contributed by atoms with Crippen LogP contribution in [0.4, 0.5) is 0 Å². The van der Waals surface area contributed by atoms with E-state index in [-0.39, 0.29) is 16.6 Å². The Morgan fingerprint density at radius 2 is 2.33 bits per heavy atom. The number of hydrogen-bond acceptors (Lipinski definition) is 4. The van der Waals surface area contributed by atoms with Gasteiger partial charge in [0.15, 0.2) is 5.03 Å². The summed E-state index contributed by atoms with van der Waals surface area (Å²) in [7, 11) is -0.580. The van der Waals surface area contributed by atoms with E-state index in [1.807, 2.05) is 0 Å². The van der Waals surface area contributed by atoms with Gasteiger partial charge in [0.1, 0.15) is 0 Å². The normalized spacial score (nSPS) is 11.9. The number of hydrogen-bond donors (Lipinski definition) is 1. The summed E-state index contributed by atoms with van der Waals surface area (Å²) >= 11 is 4.65. The summed E-state index contributed by atoms with van der Waals surface area (Å²) in [5.74, 6) is 0. The number of aryl methyl sites for hydroxylation is 1. The first-order valence-corrected chi connectivity index (χ1v) is 5.93. The Labute approximate surface area is 93.7 Å². The zero-order valence-corrected chi connectivity index (χ0v) is 10.0. The minimum absolute atomic E-state index is 0.0167. The average Bonchev–Trinajstić information content (AvgIpc) is 2.50. The van der Waals surface area contributed by atoms with Crippen LogP contribution in [0.2, 0.25) is 0 Å². The van der Waals surface area contributed by atoms with Gasteiger partial charge in [-0.25, -0.2) is 8.42 Å². The maximum Gasteiger partial charge on any atom is 0.260 e. The first-order valence-electron chi connectivity index (χ1n) is 4.08. The minimum Gasteiger partial charge on any atom is -0.392 e. The van der Waals surface area contributed by atoms with E-state index in [1.54, 1.807) is 7.05 Å². The summed E-state index contributed by atoms with van der Waals surface area (Å²) in [6, 6.07) is 1.42. The Balaban J connectivity index is 3.04. The highest BCUT2D eigenvalue weighted by Gasteiger charge is 2.23. The average molecular weight is 248 g/mol. The van der Waals surface area contributed by atoms with Crippen molar-refractivity contribution in [3.05, 3.63) is 12.3 Å². The van der Waals surface area contributed by atoms with Crippen molar-refractivity contribution in [1.82, 2.24) is 14.1 Å². The predicted octanol–water partition coefficient (Wildman–Crippen LogP) is -0.673. The molecule has 1 rings (SSSR count). The number of thiocarbonyl (C=S) groups is 1. The van der Waals surface area contributed by atoms with Gasteiger partial charge in [0.25, 0.3) is 10.0 Å². The van der Waals surface area contributed by atoms with E-state index in [4.69, 9.17) is 5.73 Å². The van der Waals surface area contributed by atoms with Gasteiger partial charge in [-0.1, -0.05) is 12.2 Å². The minimum atomic E-state index is -3.56. The van der Waals surface area contributed by atoms with Crippen LogP contribution in [-0.2, 0) is 17.1 Å². The molecule has 0 unspecified atom stereocenters. The van der Waals surface area contributed by atoms with Gasteiger partial charge in [-0.05, 0) is 6.07 Å². The van der Waals surface area contributed by atoms with Crippen molar-refractivity contribution in [2.24, 2.45) is 12.8 Å². The highest BCUT2D eigenvalue weighted by Crippen LogP contribution is 2.11. The Bertz CT molecular complexity index is 465. The van der Waals surface area contributed by atoms with Crippen LogP contribution in [0.15, 0.2) is 17.3 Å². The first-order chi connectivity index (χ1) is 6.85. The van der Waals surface area contributed by atoms with Crippen LogP contribution in [0, 0.1) is 0 Å². The lowest BCUT2D eigenvalue weighted by Gasteiger charge is -2.15. The van der Waals surface area contributed by atoms with E-state index < -0.39 is 10.0 Å². The number of nitrogens with two attached hydrogens (primary N) is 1. The van der Waals surface area contributed by atoms with E-state index in [0.717, 1.165) is 4.31 Å². The lowest BCUT2D eigenvalue weighted by atomic mass is 10.7. The molecule has 1 aromatic rings. The van der Waals surface area contributed by atoms with Gasteiger partial charge in [0, 0.05) is 14.1 Å². The number of rotatable bonds is 4. The largest absolute Gasteiger partial charge is 0.392 e. The Morgan fingerprint density at radius 3 is 2.73 bits per heavy atom. The van der Waals surface area contributed by atoms with Crippen LogP contribution in [0.5, 0.6) is 0 Å². The predicted molar refractivity (Wildman–Crippen MR) is 59.8 cm³/mol. The molecule has 0 saturated heterocycles. The lowest BCUT2D eigenvalue weighted by Crippen LogP contribution is -2.35. The van der Waals surface area contributed by atoms with E-state index >= 15 is 0 Å². The van der Waals surface area contributed by atoms with Gasteiger partial charge in [-0.3, -0.25) is 4.68 Å². The van der Waals surface area contributed by atoms with Crippen molar-refractivity contribution < 1.29 is 8.42 Å². The van der Waals surface area contributed by atoms with Gasteiger partial charge in [-0.2, -0.15) is 9.40 Å². The molecule has 1 heterocycles. The molecule has 6 nitrogen and oxygen atoms in total. The molecule has 84 valence electrons. The molecular formula is C7H12N4O2S2. The van der Waals surface area contributed by atoms with Crippen LogP contribution in [-0.4, -0.2) is 41.1 Å². The van der Waals surface area contributed by atoms with Crippen molar-refractivity contribution >= 4 is 27.2 Å². The zero-order chi connectivity index (χ0) is 11.6. The Hall–Kier alpha value is -0.990. The molecule has 0 aliphatic carbocycles. The van der Waals surface area contributed by atoms with Crippen molar-refractivity contribution in [3.8, 4) is 0 Å². The van der Waals surface area contributed by atoms with E-state index in [9.17, 15) is 8.42 Å². The van der Waals surface area contributed by atoms with Crippen molar-refractivity contribution in [2.75, 3.05) is 13.6 Å².